The number of sulfonamides is 1. The molecule has 0 aliphatic rings. The molecule has 7 heteroatoms. The van der Waals surface area contributed by atoms with Gasteiger partial charge in [-0.15, -0.1) is 0 Å². The van der Waals surface area contributed by atoms with E-state index in [1.54, 1.807) is 0 Å². The van der Waals surface area contributed by atoms with E-state index in [0.29, 0.717) is 6.54 Å². The fourth-order valence-electron chi connectivity index (χ4n) is 1.19. The Hall–Kier alpha value is -1.34. The molecule has 0 saturated heterocycles. The topological polar surface area (TPSA) is 102 Å². The molecular weight excluding hydrogens is 232 g/mol. The van der Waals surface area contributed by atoms with Gasteiger partial charge in [0.2, 0.25) is 10.0 Å². The summed E-state index contributed by atoms with van der Waals surface area (Å²) in [5, 5.41) is 7.52. The van der Waals surface area contributed by atoms with Crippen molar-refractivity contribution in [2.75, 3.05) is 6.54 Å². The predicted molar refractivity (Wildman–Crippen MR) is 57.4 cm³/mol. The van der Waals surface area contributed by atoms with Crippen molar-refractivity contribution in [1.82, 2.24) is 5.32 Å². The quantitative estimate of drug-likeness (QED) is 0.801. The van der Waals surface area contributed by atoms with Gasteiger partial charge < -0.3 is 9.73 Å². The van der Waals surface area contributed by atoms with E-state index < -0.39 is 15.9 Å². The fraction of sp³-hybridized carbons (Fsp3) is 0.444. The van der Waals surface area contributed by atoms with Crippen molar-refractivity contribution < 1.29 is 17.6 Å². The molecule has 0 aliphatic heterocycles. The molecule has 0 saturated carbocycles. The first-order chi connectivity index (χ1) is 7.36. The van der Waals surface area contributed by atoms with Crippen LogP contribution in [0, 0.1) is 6.92 Å². The van der Waals surface area contributed by atoms with Gasteiger partial charge in [-0.2, -0.15) is 0 Å². The third-order valence-electron chi connectivity index (χ3n) is 1.94. The fourth-order valence-corrected chi connectivity index (χ4v) is 1.90. The van der Waals surface area contributed by atoms with E-state index in [4.69, 9.17) is 9.56 Å². The minimum Gasteiger partial charge on any atom is -0.455 e. The van der Waals surface area contributed by atoms with Gasteiger partial charge in [-0.25, -0.2) is 13.6 Å². The van der Waals surface area contributed by atoms with Crippen molar-refractivity contribution in [3.8, 4) is 0 Å². The van der Waals surface area contributed by atoms with Crippen LogP contribution >= 0.6 is 0 Å². The number of amides is 1. The maximum Gasteiger partial charge on any atom is 0.287 e. The van der Waals surface area contributed by atoms with Crippen molar-refractivity contribution in [3.63, 3.8) is 0 Å². The van der Waals surface area contributed by atoms with Crippen molar-refractivity contribution >= 4 is 15.9 Å². The lowest BCUT2D eigenvalue weighted by molar-refractivity contribution is 0.0924. The van der Waals surface area contributed by atoms with Crippen molar-refractivity contribution in [2.45, 2.75) is 25.2 Å². The lowest BCUT2D eigenvalue weighted by Gasteiger charge is -1.98. The van der Waals surface area contributed by atoms with Gasteiger partial charge in [-0.05, 0) is 13.3 Å². The number of hydrogen-bond acceptors (Lipinski definition) is 4. The first-order valence-corrected chi connectivity index (χ1v) is 6.32. The molecule has 0 fully saturated rings. The number of carbonyl (C=O) groups excluding carboxylic acids is 1. The first kappa shape index (κ1) is 12.7. The maximum absolute atomic E-state index is 11.5. The highest BCUT2D eigenvalue weighted by atomic mass is 32.2. The van der Waals surface area contributed by atoms with Gasteiger partial charge in [-0.3, -0.25) is 4.79 Å². The number of rotatable bonds is 4. The van der Waals surface area contributed by atoms with Crippen LogP contribution in [0.5, 0.6) is 0 Å². The normalized spacial score (nSPS) is 11.4. The summed E-state index contributed by atoms with van der Waals surface area (Å²) in [6.45, 7) is 3.85. The minimum absolute atomic E-state index is 0.0463. The summed E-state index contributed by atoms with van der Waals surface area (Å²) in [4.78, 5) is 11.3. The predicted octanol–water partition coefficient (Wildman–Crippen LogP) is 0.375. The Morgan fingerprint density at radius 2 is 2.19 bits per heavy atom. The molecule has 0 aliphatic carbocycles. The number of furan rings is 1. The van der Waals surface area contributed by atoms with Crippen LogP contribution in [-0.4, -0.2) is 20.9 Å². The molecule has 0 radical (unpaired) electrons. The molecule has 0 unspecified atom stereocenters. The van der Waals surface area contributed by atoms with Gasteiger partial charge >= 0.3 is 0 Å². The van der Waals surface area contributed by atoms with Gasteiger partial charge in [0.05, 0.1) is 0 Å². The van der Waals surface area contributed by atoms with Crippen molar-refractivity contribution in [3.05, 3.63) is 17.6 Å². The van der Waals surface area contributed by atoms with E-state index in [2.05, 4.69) is 5.32 Å². The Bertz CT molecular complexity index is 490. The molecule has 1 aromatic rings. The summed E-state index contributed by atoms with van der Waals surface area (Å²) >= 11 is 0. The summed E-state index contributed by atoms with van der Waals surface area (Å²) in [5.41, 5.74) is 0. The van der Waals surface area contributed by atoms with Crippen LogP contribution in [0.3, 0.4) is 0 Å². The van der Waals surface area contributed by atoms with Gasteiger partial charge in [0.1, 0.15) is 10.7 Å². The molecule has 0 atom stereocenters. The van der Waals surface area contributed by atoms with Crippen molar-refractivity contribution in [1.29, 1.82) is 0 Å². The number of nitrogens with two attached hydrogens (primary N) is 1. The molecule has 1 rings (SSSR count). The van der Waals surface area contributed by atoms with E-state index in [1.165, 1.54) is 6.92 Å². The number of aryl methyl sites for hydroxylation is 1. The van der Waals surface area contributed by atoms with E-state index in [0.717, 1.165) is 12.5 Å². The van der Waals surface area contributed by atoms with Crippen LogP contribution in [-0.2, 0) is 10.0 Å². The Kier molecular flexibility index (Phi) is 3.71. The minimum atomic E-state index is -3.84. The lowest BCUT2D eigenvalue weighted by atomic mass is 10.4. The zero-order valence-electron chi connectivity index (χ0n) is 9.11. The molecule has 6 nitrogen and oxygen atoms in total. The number of carbonyl (C=O) groups is 1. The first-order valence-electron chi connectivity index (χ1n) is 4.77. The Labute approximate surface area is 93.9 Å². The number of nitrogens with one attached hydrogen (secondary N) is 1. The monoisotopic (exact) mass is 246 g/mol. The molecule has 0 bridgehead atoms. The molecule has 90 valence electrons. The summed E-state index contributed by atoms with van der Waals surface area (Å²) in [6, 6.07) is 1.13. The van der Waals surface area contributed by atoms with Gasteiger partial charge in [0.25, 0.3) is 5.91 Å². The van der Waals surface area contributed by atoms with E-state index >= 15 is 0 Å². The highest BCUT2D eigenvalue weighted by Crippen LogP contribution is 2.18. The van der Waals surface area contributed by atoms with Crippen LogP contribution in [0.1, 0.15) is 29.7 Å². The summed E-state index contributed by atoms with van der Waals surface area (Å²) in [6.07, 6.45) is 0.785. The van der Waals surface area contributed by atoms with Gasteiger partial charge in [0, 0.05) is 12.6 Å². The average molecular weight is 246 g/mol. The molecule has 1 amide bonds. The molecule has 1 aromatic heterocycles. The highest BCUT2D eigenvalue weighted by Gasteiger charge is 2.20. The Balaban J connectivity index is 2.98. The lowest BCUT2D eigenvalue weighted by Crippen LogP contribution is -2.23. The third kappa shape index (κ3) is 2.83. The largest absolute Gasteiger partial charge is 0.455 e. The zero-order valence-corrected chi connectivity index (χ0v) is 9.93. The van der Waals surface area contributed by atoms with Crippen LogP contribution in [0.4, 0.5) is 0 Å². The molecule has 3 N–H and O–H groups in total. The summed E-state index contributed by atoms with van der Waals surface area (Å²) < 4.78 is 27.2. The second-order valence-corrected chi connectivity index (χ2v) is 4.86. The zero-order chi connectivity index (χ0) is 12.3. The SMILES string of the molecule is CCCNC(=O)c1cc(S(N)(=O)=O)c(C)o1. The third-order valence-corrected chi connectivity index (χ3v) is 2.96. The Morgan fingerprint density at radius 3 is 2.62 bits per heavy atom. The van der Waals surface area contributed by atoms with Crippen LogP contribution in [0.25, 0.3) is 0 Å². The summed E-state index contributed by atoms with van der Waals surface area (Å²) in [5.74, 6) is -0.376. The van der Waals surface area contributed by atoms with E-state index in [1.807, 2.05) is 6.92 Å². The van der Waals surface area contributed by atoms with Crippen LogP contribution in [0.2, 0.25) is 0 Å². The molecule has 1 heterocycles. The molecule has 0 spiro atoms. The number of hydrogen-bond donors (Lipinski definition) is 2. The number of primary sulfonamides is 1. The molecule has 0 aromatic carbocycles. The maximum atomic E-state index is 11.5. The summed E-state index contributed by atoms with van der Waals surface area (Å²) in [7, 11) is -3.84. The van der Waals surface area contributed by atoms with E-state index in [-0.39, 0.29) is 16.4 Å². The molecular formula is C9H14N2O4S. The van der Waals surface area contributed by atoms with Gasteiger partial charge in [0.15, 0.2) is 5.76 Å². The second-order valence-electron chi connectivity index (χ2n) is 3.33. The van der Waals surface area contributed by atoms with Crippen molar-refractivity contribution in [2.24, 2.45) is 5.14 Å². The Morgan fingerprint density at radius 1 is 1.56 bits per heavy atom. The second kappa shape index (κ2) is 4.67. The standard InChI is InChI=1S/C9H14N2O4S/c1-3-4-11-9(12)7-5-8(6(2)15-7)16(10,13)14/h5H,3-4H2,1-2H3,(H,11,12)(H2,10,13,14). The average Bonchev–Trinajstić information content (AvgIpc) is 2.56. The highest BCUT2D eigenvalue weighted by molar-refractivity contribution is 7.89. The van der Waals surface area contributed by atoms with Gasteiger partial charge in [-0.1, -0.05) is 6.92 Å². The van der Waals surface area contributed by atoms with E-state index in [9.17, 15) is 13.2 Å². The smallest absolute Gasteiger partial charge is 0.287 e. The van der Waals surface area contributed by atoms with Crippen LogP contribution in [0.15, 0.2) is 15.4 Å². The molecule has 16 heavy (non-hydrogen) atoms. The van der Waals surface area contributed by atoms with Crippen LogP contribution < -0.4 is 10.5 Å².